The highest BCUT2D eigenvalue weighted by Gasteiger charge is 2.21. The van der Waals surface area contributed by atoms with Crippen molar-refractivity contribution in [3.8, 4) is 11.5 Å². The number of anilines is 1. The Morgan fingerprint density at radius 3 is 2.52 bits per heavy atom. The number of benzene rings is 2. The van der Waals surface area contributed by atoms with Crippen molar-refractivity contribution in [2.75, 3.05) is 12.4 Å². The molecule has 0 atom stereocenters. The molecule has 25 heavy (non-hydrogen) atoms. The fourth-order valence-corrected chi connectivity index (χ4v) is 2.24. The van der Waals surface area contributed by atoms with E-state index in [-0.39, 0.29) is 23.5 Å². The van der Waals surface area contributed by atoms with Crippen molar-refractivity contribution < 1.29 is 27.8 Å². The number of carbonyl (C=O) groups excluding carboxylic acids is 2. The smallest absolute Gasteiger partial charge is 0.387 e. The summed E-state index contributed by atoms with van der Waals surface area (Å²) in [6.07, 6.45) is -0.0744. The Hall–Kier alpha value is -3.16. The normalized spacial score (nSPS) is 10.4. The molecule has 2 aromatic rings. The van der Waals surface area contributed by atoms with Crippen LogP contribution in [0.25, 0.3) is 0 Å². The summed E-state index contributed by atoms with van der Waals surface area (Å²) in [5, 5.41) is 2.57. The largest absolute Gasteiger partial charge is 0.493 e. The van der Waals surface area contributed by atoms with Crippen LogP contribution < -0.4 is 20.5 Å². The summed E-state index contributed by atoms with van der Waals surface area (Å²) in [4.78, 5) is 23.6. The Kier molecular flexibility index (Phi) is 5.89. The highest BCUT2D eigenvalue weighted by molar-refractivity contribution is 6.07. The minimum absolute atomic E-state index is 0.00151. The van der Waals surface area contributed by atoms with E-state index in [4.69, 9.17) is 10.5 Å². The second-order valence-electron chi connectivity index (χ2n) is 4.97. The number of amides is 2. The molecule has 2 rings (SSSR count). The third-order valence-electron chi connectivity index (χ3n) is 3.28. The van der Waals surface area contributed by atoms with Gasteiger partial charge in [0, 0.05) is 5.69 Å². The van der Waals surface area contributed by atoms with Gasteiger partial charge in [-0.05, 0) is 23.8 Å². The number of methoxy groups -OCH3 is 1. The molecule has 0 fully saturated rings. The number of halogens is 2. The van der Waals surface area contributed by atoms with Gasteiger partial charge in [-0.1, -0.05) is 24.3 Å². The first-order chi connectivity index (χ1) is 11.9. The molecule has 0 radical (unpaired) electrons. The number of hydrogen-bond donors (Lipinski definition) is 2. The van der Waals surface area contributed by atoms with E-state index in [9.17, 15) is 18.4 Å². The van der Waals surface area contributed by atoms with E-state index >= 15 is 0 Å². The lowest BCUT2D eigenvalue weighted by molar-refractivity contribution is -0.117. The third kappa shape index (κ3) is 4.66. The van der Waals surface area contributed by atoms with Crippen LogP contribution >= 0.6 is 0 Å². The zero-order valence-electron chi connectivity index (χ0n) is 13.3. The highest BCUT2D eigenvalue weighted by Crippen LogP contribution is 2.33. The van der Waals surface area contributed by atoms with E-state index in [2.05, 4.69) is 10.1 Å². The monoisotopic (exact) mass is 350 g/mol. The van der Waals surface area contributed by atoms with E-state index in [1.807, 2.05) is 0 Å². The number of nitrogens with two attached hydrogens (primary N) is 1. The third-order valence-corrected chi connectivity index (χ3v) is 3.28. The highest BCUT2D eigenvalue weighted by atomic mass is 19.3. The zero-order chi connectivity index (χ0) is 18.4. The summed E-state index contributed by atoms with van der Waals surface area (Å²) in [5.74, 6) is -1.63. The van der Waals surface area contributed by atoms with E-state index in [1.165, 1.54) is 25.3 Å². The number of ether oxygens (including phenoxy) is 2. The SMILES string of the molecule is COc1cccc(C(=O)Nc2ccccc2CC(N)=O)c1OC(F)F. The first-order valence-corrected chi connectivity index (χ1v) is 7.21. The number of primary amides is 1. The minimum atomic E-state index is -3.12. The van der Waals surface area contributed by atoms with Gasteiger partial charge in [0.2, 0.25) is 5.91 Å². The van der Waals surface area contributed by atoms with Crippen LogP contribution in [0.2, 0.25) is 0 Å². The van der Waals surface area contributed by atoms with Crippen molar-refractivity contribution in [1.82, 2.24) is 0 Å². The average Bonchev–Trinajstić information content (AvgIpc) is 2.55. The Morgan fingerprint density at radius 1 is 1.16 bits per heavy atom. The molecular formula is C17H16F2N2O4. The maximum atomic E-state index is 12.7. The molecule has 3 N–H and O–H groups in total. The average molecular weight is 350 g/mol. The van der Waals surface area contributed by atoms with Gasteiger partial charge < -0.3 is 20.5 Å². The molecule has 0 aromatic heterocycles. The topological polar surface area (TPSA) is 90.6 Å². The van der Waals surface area contributed by atoms with Gasteiger partial charge in [-0.3, -0.25) is 9.59 Å². The number of para-hydroxylation sites is 2. The van der Waals surface area contributed by atoms with Crippen molar-refractivity contribution in [2.45, 2.75) is 13.0 Å². The molecule has 2 amide bonds. The maximum Gasteiger partial charge on any atom is 0.387 e. The molecule has 0 aliphatic heterocycles. The lowest BCUT2D eigenvalue weighted by Gasteiger charge is -2.15. The van der Waals surface area contributed by atoms with Crippen molar-refractivity contribution in [3.63, 3.8) is 0 Å². The Bertz CT molecular complexity index is 781. The molecule has 6 nitrogen and oxygen atoms in total. The van der Waals surface area contributed by atoms with Gasteiger partial charge in [0.25, 0.3) is 5.91 Å². The van der Waals surface area contributed by atoms with Crippen LogP contribution in [0.3, 0.4) is 0 Å². The Labute approximate surface area is 142 Å². The van der Waals surface area contributed by atoms with Gasteiger partial charge in [-0.2, -0.15) is 8.78 Å². The van der Waals surface area contributed by atoms with Gasteiger partial charge in [-0.15, -0.1) is 0 Å². The van der Waals surface area contributed by atoms with Crippen LogP contribution in [0, 0.1) is 0 Å². The molecule has 0 saturated heterocycles. The molecule has 132 valence electrons. The van der Waals surface area contributed by atoms with Crippen LogP contribution in [-0.4, -0.2) is 25.5 Å². The quantitative estimate of drug-likeness (QED) is 0.803. The lowest BCUT2D eigenvalue weighted by Crippen LogP contribution is -2.19. The first kappa shape index (κ1) is 18.2. The Balaban J connectivity index is 2.35. The van der Waals surface area contributed by atoms with Crippen molar-refractivity contribution in [1.29, 1.82) is 0 Å². The van der Waals surface area contributed by atoms with Crippen molar-refractivity contribution in [2.24, 2.45) is 5.73 Å². The molecule has 0 unspecified atom stereocenters. The van der Waals surface area contributed by atoms with E-state index in [0.29, 0.717) is 11.3 Å². The molecule has 8 heteroatoms. The number of rotatable bonds is 7. The number of alkyl halides is 2. The second-order valence-corrected chi connectivity index (χ2v) is 4.97. The molecule has 0 heterocycles. The molecule has 0 saturated carbocycles. The van der Waals surface area contributed by atoms with Crippen LogP contribution in [0.1, 0.15) is 15.9 Å². The fourth-order valence-electron chi connectivity index (χ4n) is 2.24. The number of nitrogens with one attached hydrogen (secondary N) is 1. The predicted molar refractivity (Wildman–Crippen MR) is 86.9 cm³/mol. The van der Waals surface area contributed by atoms with Crippen molar-refractivity contribution in [3.05, 3.63) is 53.6 Å². The zero-order valence-corrected chi connectivity index (χ0v) is 13.3. The van der Waals surface area contributed by atoms with E-state index in [1.54, 1.807) is 24.3 Å². The summed E-state index contributed by atoms with van der Waals surface area (Å²) >= 11 is 0. The molecule has 0 bridgehead atoms. The number of carbonyl (C=O) groups is 2. The maximum absolute atomic E-state index is 12.7. The molecular weight excluding hydrogens is 334 g/mol. The molecule has 0 aliphatic carbocycles. The van der Waals surface area contributed by atoms with E-state index in [0.717, 1.165) is 0 Å². The van der Waals surface area contributed by atoms with Crippen LogP contribution in [-0.2, 0) is 11.2 Å². The van der Waals surface area contributed by atoms with E-state index < -0.39 is 18.4 Å². The Morgan fingerprint density at radius 2 is 1.88 bits per heavy atom. The van der Waals surface area contributed by atoms with Crippen LogP contribution in [0.15, 0.2) is 42.5 Å². The summed E-state index contributed by atoms with van der Waals surface area (Å²) in [6, 6.07) is 10.7. The molecule has 0 aliphatic rings. The first-order valence-electron chi connectivity index (χ1n) is 7.21. The van der Waals surface area contributed by atoms with Crippen molar-refractivity contribution >= 4 is 17.5 Å². The summed E-state index contributed by atoms with van der Waals surface area (Å²) < 4.78 is 34.7. The van der Waals surface area contributed by atoms with Gasteiger partial charge in [0.05, 0.1) is 19.1 Å². The second kappa shape index (κ2) is 8.09. The summed E-state index contributed by atoms with van der Waals surface area (Å²) in [5.41, 5.74) is 5.90. The van der Waals surface area contributed by atoms with Gasteiger partial charge in [0.15, 0.2) is 11.5 Å². The fraction of sp³-hybridized carbons (Fsp3) is 0.176. The standard InChI is InChI=1S/C17H16F2N2O4/c1-24-13-8-4-6-11(15(13)25-17(18)19)16(23)21-12-7-3-2-5-10(12)9-14(20)22/h2-8,17H,9H2,1H3,(H2,20,22)(H,21,23). The van der Waals surface area contributed by atoms with Crippen LogP contribution in [0.4, 0.5) is 14.5 Å². The molecule has 2 aromatic carbocycles. The van der Waals surface area contributed by atoms with Gasteiger partial charge in [-0.25, -0.2) is 0 Å². The predicted octanol–water partition coefficient (Wildman–Crippen LogP) is 2.58. The van der Waals surface area contributed by atoms with Gasteiger partial charge in [0.1, 0.15) is 0 Å². The van der Waals surface area contributed by atoms with Crippen LogP contribution in [0.5, 0.6) is 11.5 Å². The molecule has 0 spiro atoms. The lowest BCUT2D eigenvalue weighted by atomic mass is 10.1. The number of hydrogen-bond acceptors (Lipinski definition) is 4. The van der Waals surface area contributed by atoms with Gasteiger partial charge >= 0.3 is 6.61 Å². The minimum Gasteiger partial charge on any atom is -0.493 e. The summed E-state index contributed by atoms with van der Waals surface area (Å²) in [6.45, 7) is -3.12. The summed E-state index contributed by atoms with van der Waals surface area (Å²) in [7, 11) is 1.28.